The third kappa shape index (κ3) is 4.13. The van der Waals surface area contributed by atoms with E-state index in [0.29, 0.717) is 6.61 Å². The van der Waals surface area contributed by atoms with E-state index in [4.69, 9.17) is 21.3 Å². The highest BCUT2D eigenvalue weighted by Gasteiger charge is 2.26. The van der Waals surface area contributed by atoms with Gasteiger partial charge in [0, 0.05) is 42.6 Å². The van der Waals surface area contributed by atoms with Crippen molar-refractivity contribution in [1.29, 1.82) is 0 Å². The van der Waals surface area contributed by atoms with E-state index < -0.39 is 0 Å². The molecule has 0 bridgehead atoms. The number of aromatic nitrogens is 2. The molecule has 3 aromatic rings. The van der Waals surface area contributed by atoms with E-state index >= 15 is 0 Å². The summed E-state index contributed by atoms with van der Waals surface area (Å²) in [5.41, 5.74) is 1.52. The maximum Gasteiger partial charge on any atom is 0.141 e. The Kier molecular flexibility index (Phi) is 5.81. The van der Waals surface area contributed by atoms with Gasteiger partial charge in [0.25, 0.3) is 0 Å². The van der Waals surface area contributed by atoms with Crippen LogP contribution in [0.2, 0.25) is 5.02 Å². The van der Waals surface area contributed by atoms with Crippen LogP contribution in [-0.4, -0.2) is 54.2 Å². The number of ether oxygens (including phenoxy) is 1. The Morgan fingerprint density at radius 1 is 1.13 bits per heavy atom. The van der Waals surface area contributed by atoms with Gasteiger partial charge in [-0.1, -0.05) is 18.5 Å². The molecule has 7 heteroatoms. The van der Waals surface area contributed by atoms with E-state index in [1.54, 1.807) is 6.33 Å². The molecular formula is C23H27ClN4OS. The molecule has 2 aliphatic rings. The molecule has 1 saturated heterocycles. The molecule has 0 unspecified atom stereocenters. The molecule has 0 saturated carbocycles. The van der Waals surface area contributed by atoms with Gasteiger partial charge in [-0.3, -0.25) is 4.90 Å². The third-order valence-electron chi connectivity index (χ3n) is 6.23. The lowest BCUT2D eigenvalue weighted by Crippen LogP contribution is -2.47. The van der Waals surface area contributed by atoms with E-state index in [2.05, 4.69) is 21.7 Å². The van der Waals surface area contributed by atoms with E-state index in [-0.39, 0.29) is 0 Å². The number of aryl methyl sites for hydroxylation is 1. The summed E-state index contributed by atoms with van der Waals surface area (Å²) in [7, 11) is 0. The average Bonchev–Trinajstić information content (AvgIpc) is 3.14. The van der Waals surface area contributed by atoms with Gasteiger partial charge in [-0.2, -0.15) is 0 Å². The minimum Gasteiger partial charge on any atom is -0.492 e. The number of hydrogen-bond acceptors (Lipinski definition) is 6. The normalized spacial score (nSPS) is 19.8. The second-order valence-electron chi connectivity index (χ2n) is 8.36. The number of rotatable bonds is 5. The van der Waals surface area contributed by atoms with Gasteiger partial charge < -0.3 is 9.64 Å². The molecule has 1 atom stereocenters. The van der Waals surface area contributed by atoms with Gasteiger partial charge in [0.2, 0.25) is 0 Å². The van der Waals surface area contributed by atoms with Crippen molar-refractivity contribution >= 4 is 39.0 Å². The van der Waals surface area contributed by atoms with Crippen LogP contribution in [0.15, 0.2) is 30.6 Å². The number of anilines is 1. The Balaban J connectivity index is 1.22. The fourth-order valence-corrected chi connectivity index (χ4v) is 5.82. The Bertz CT molecular complexity index is 1010. The predicted molar refractivity (Wildman–Crippen MR) is 124 cm³/mol. The van der Waals surface area contributed by atoms with Gasteiger partial charge >= 0.3 is 0 Å². The summed E-state index contributed by atoms with van der Waals surface area (Å²) in [6.45, 7) is 8.02. The summed E-state index contributed by atoms with van der Waals surface area (Å²) < 4.78 is 5.86. The van der Waals surface area contributed by atoms with Gasteiger partial charge in [0.1, 0.15) is 29.3 Å². The Labute approximate surface area is 186 Å². The molecule has 0 radical (unpaired) electrons. The highest BCUT2D eigenvalue weighted by molar-refractivity contribution is 7.19. The topological polar surface area (TPSA) is 41.5 Å². The van der Waals surface area contributed by atoms with E-state index in [1.807, 2.05) is 35.6 Å². The van der Waals surface area contributed by atoms with Crippen molar-refractivity contribution in [2.24, 2.45) is 5.92 Å². The molecule has 30 heavy (non-hydrogen) atoms. The fourth-order valence-electron chi connectivity index (χ4n) is 4.51. The largest absolute Gasteiger partial charge is 0.492 e. The van der Waals surface area contributed by atoms with Crippen molar-refractivity contribution in [1.82, 2.24) is 14.9 Å². The lowest BCUT2D eigenvalue weighted by Gasteiger charge is -2.35. The summed E-state index contributed by atoms with van der Waals surface area (Å²) in [5.74, 6) is 2.77. The van der Waals surface area contributed by atoms with Crippen LogP contribution in [-0.2, 0) is 12.8 Å². The van der Waals surface area contributed by atoms with Crippen molar-refractivity contribution in [2.75, 3.05) is 44.2 Å². The van der Waals surface area contributed by atoms with Crippen LogP contribution in [0.25, 0.3) is 10.2 Å². The van der Waals surface area contributed by atoms with E-state index in [1.165, 1.54) is 28.7 Å². The van der Waals surface area contributed by atoms with Gasteiger partial charge in [-0.25, -0.2) is 9.97 Å². The molecule has 5 rings (SSSR count). The van der Waals surface area contributed by atoms with Crippen LogP contribution in [0.3, 0.4) is 0 Å². The van der Waals surface area contributed by atoms with Crippen LogP contribution in [0.1, 0.15) is 23.8 Å². The molecule has 2 aromatic heterocycles. The zero-order valence-electron chi connectivity index (χ0n) is 17.3. The average molecular weight is 443 g/mol. The minimum atomic E-state index is 0.690. The summed E-state index contributed by atoms with van der Waals surface area (Å²) in [4.78, 5) is 17.0. The van der Waals surface area contributed by atoms with Crippen LogP contribution >= 0.6 is 22.9 Å². The molecule has 158 valence electrons. The van der Waals surface area contributed by atoms with Crippen LogP contribution in [0.5, 0.6) is 5.75 Å². The van der Waals surface area contributed by atoms with Crippen molar-refractivity contribution in [3.05, 3.63) is 46.1 Å². The molecule has 1 aliphatic carbocycles. The SMILES string of the molecule is C[C@@H]1CCc2sc3ncnc(N4CCN(CCOc5ccc(Cl)cc5)CC4)c3c2C1. The molecule has 1 fully saturated rings. The standard InChI is InChI=1S/C23H27ClN4OS/c1-16-2-7-20-19(14-16)21-22(25-15-26-23(21)30-20)28-10-8-27(9-11-28)12-13-29-18-5-3-17(24)4-6-18/h3-6,15-16H,2,7-14H2,1H3/t16-/m1/s1. The molecule has 1 aromatic carbocycles. The fraction of sp³-hybridized carbons (Fsp3) is 0.478. The first-order valence-corrected chi connectivity index (χ1v) is 12.0. The third-order valence-corrected chi connectivity index (χ3v) is 7.68. The van der Waals surface area contributed by atoms with Crippen molar-refractivity contribution in [3.8, 4) is 5.75 Å². The molecule has 5 nitrogen and oxygen atoms in total. The molecule has 3 heterocycles. The number of piperazine rings is 1. The first-order valence-electron chi connectivity index (χ1n) is 10.8. The highest BCUT2D eigenvalue weighted by Crippen LogP contribution is 2.40. The first-order chi connectivity index (χ1) is 14.7. The Morgan fingerprint density at radius 2 is 1.93 bits per heavy atom. The molecule has 0 N–H and O–H groups in total. The lowest BCUT2D eigenvalue weighted by atomic mass is 9.88. The smallest absolute Gasteiger partial charge is 0.141 e. The van der Waals surface area contributed by atoms with Gasteiger partial charge in [0.05, 0.1) is 5.39 Å². The number of fused-ring (bicyclic) bond motifs is 3. The maximum absolute atomic E-state index is 5.93. The number of benzene rings is 1. The summed E-state index contributed by atoms with van der Waals surface area (Å²) in [6.07, 6.45) is 5.39. The molecular weight excluding hydrogens is 416 g/mol. The lowest BCUT2D eigenvalue weighted by molar-refractivity contribution is 0.200. The second-order valence-corrected chi connectivity index (χ2v) is 9.88. The van der Waals surface area contributed by atoms with E-state index in [9.17, 15) is 0 Å². The Morgan fingerprint density at radius 3 is 2.73 bits per heavy atom. The monoisotopic (exact) mass is 442 g/mol. The highest BCUT2D eigenvalue weighted by atomic mass is 35.5. The predicted octanol–water partition coefficient (Wildman–Crippen LogP) is 4.67. The number of halogens is 1. The molecule has 0 amide bonds. The maximum atomic E-state index is 5.93. The minimum absolute atomic E-state index is 0.690. The molecule has 1 aliphatic heterocycles. The molecule has 0 spiro atoms. The number of thiophene rings is 1. The first kappa shape index (κ1) is 20.0. The number of nitrogens with zero attached hydrogens (tertiary/aromatic N) is 4. The summed E-state index contributed by atoms with van der Waals surface area (Å²) in [5, 5.41) is 2.06. The van der Waals surface area contributed by atoms with Crippen LogP contribution < -0.4 is 9.64 Å². The van der Waals surface area contributed by atoms with Gasteiger partial charge in [-0.15, -0.1) is 11.3 Å². The van der Waals surface area contributed by atoms with Gasteiger partial charge in [0.15, 0.2) is 0 Å². The Hall–Kier alpha value is -1.89. The van der Waals surface area contributed by atoms with Gasteiger partial charge in [-0.05, 0) is 55.0 Å². The summed E-state index contributed by atoms with van der Waals surface area (Å²) in [6, 6.07) is 7.57. The zero-order valence-corrected chi connectivity index (χ0v) is 18.9. The van der Waals surface area contributed by atoms with Crippen LogP contribution in [0, 0.1) is 5.92 Å². The quantitative estimate of drug-likeness (QED) is 0.574. The second kappa shape index (κ2) is 8.69. The number of hydrogen-bond donors (Lipinski definition) is 0. The van der Waals surface area contributed by atoms with E-state index in [0.717, 1.165) is 66.5 Å². The summed E-state index contributed by atoms with van der Waals surface area (Å²) >= 11 is 7.81. The van der Waals surface area contributed by atoms with Crippen molar-refractivity contribution in [3.63, 3.8) is 0 Å². The van der Waals surface area contributed by atoms with Crippen molar-refractivity contribution < 1.29 is 4.74 Å². The zero-order chi connectivity index (χ0) is 20.5. The van der Waals surface area contributed by atoms with Crippen LogP contribution in [0.4, 0.5) is 5.82 Å². The van der Waals surface area contributed by atoms with Crippen molar-refractivity contribution in [2.45, 2.75) is 26.2 Å².